The summed E-state index contributed by atoms with van der Waals surface area (Å²) < 4.78 is 0. The second-order valence-electron chi connectivity index (χ2n) is 1.99. The summed E-state index contributed by atoms with van der Waals surface area (Å²) in [5.41, 5.74) is 0. The molecule has 3 nitrogen and oxygen atoms in total. The van der Waals surface area contributed by atoms with Gasteiger partial charge in [-0.2, -0.15) is 11.8 Å². The molecule has 4 heteroatoms. The summed E-state index contributed by atoms with van der Waals surface area (Å²) in [4.78, 5) is 9.99. The van der Waals surface area contributed by atoms with Gasteiger partial charge >= 0.3 is 5.97 Å². The molecule has 0 aliphatic rings. The number of rotatable bonds is 7. The van der Waals surface area contributed by atoms with E-state index < -0.39 is 5.97 Å². The van der Waals surface area contributed by atoms with Crippen LogP contribution in [0.15, 0.2) is 24.9 Å². The first kappa shape index (κ1) is 11.1. The molecule has 12 heavy (non-hydrogen) atoms. The number of nitrogens with one attached hydrogen (secondary N) is 1. The van der Waals surface area contributed by atoms with Gasteiger partial charge in [0.05, 0.1) is 0 Å². The number of carboxylic acid groups (broad SMARTS) is 1. The Morgan fingerprint density at radius 3 is 3.00 bits per heavy atom. The van der Waals surface area contributed by atoms with E-state index in [4.69, 9.17) is 5.11 Å². The fourth-order valence-corrected chi connectivity index (χ4v) is 1.11. The highest BCUT2D eigenvalue weighted by Gasteiger charge is 1.85. The van der Waals surface area contributed by atoms with Crippen molar-refractivity contribution >= 4 is 17.7 Å². The summed E-state index contributed by atoms with van der Waals surface area (Å²) in [5, 5.41) is 11.1. The molecule has 0 aliphatic heterocycles. The van der Waals surface area contributed by atoms with Crippen LogP contribution >= 0.6 is 11.8 Å². The molecule has 0 radical (unpaired) electrons. The van der Waals surface area contributed by atoms with Crippen molar-refractivity contribution in [3.8, 4) is 0 Å². The van der Waals surface area contributed by atoms with Crippen LogP contribution in [0.5, 0.6) is 0 Å². The summed E-state index contributed by atoms with van der Waals surface area (Å²) in [6, 6.07) is 0. The Hall–Kier alpha value is -0.900. The molecule has 68 valence electrons. The molecule has 0 unspecified atom stereocenters. The number of aliphatic carboxylic acids is 1. The highest BCUT2D eigenvalue weighted by Crippen LogP contribution is 1.96. The quantitative estimate of drug-likeness (QED) is 0.356. The molecule has 0 amide bonds. The normalized spacial score (nSPS) is 10.0. The first-order valence-electron chi connectivity index (χ1n) is 3.59. The predicted molar refractivity (Wildman–Crippen MR) is 52.3 cm³/mol. The van der Waals surface area contributed by atoms with Crippen molar-refractivity contribution in [1.82, 2.24) is 5.32 Å². The average Bonchev–Trinajstić information content (AvgIpc) is 2.02. The summed E-state index contributed by atoms with van der Waals surface area (Å²) in [6.45, 7) is 4.36. The average molecular weight is 187 g/mol. The molecule has 0 atom stereocenters. The molecule has 2 N–H and O–H groups in total. The number of thioether (sulfide) groups is 1. The summed E-state index contributed by atoms with van der Waals surface area (Å²) in [5.74, 6) is 0.960. The van der Waals surface area contributed by atoms with E-state index >= 15 is 0 Å². The maximum Gasteiger partial charge on any atom is 0.329 e. The van der Waals surface area contributed by atoms with Crippen LogP contribution in [0.1, 0.15) is 0 Å². The largest absolute Gasteiger partial charge is 0.478 e. The van der Waals surface area contributed by atoms with Crippen LogP contribution < -0.4 is 5.32 Å². The van der Waals surface area contributed by atoms with Gasteiger partial charge < -0.3 is 10.4 Å². The molecule has 0 bridgehead atoms. The van der Waals surface area contributed by atoms with Crippen molar-refractivity contribution in [1.29, 1.82) is 0 Å². The highest BCUT2D eigenvalue weighted by molar-refractivity contribution is 7.99. The number of carbonyl (C=O) groups is 1. The standard InChI is InChI=1S/C8H13NO2S/c1-2-6-12-7-5-9-4-3-8(10)11/h2-4,9H,1,5-7H2,(H,10,11)/b4-3+. The van der Waals surface area contributed by atoms with Gasteiger partial charge in [0.15, 0.2) is 0 Å². The zero-order valence-electron chi connectivity index (χ0n) is 6.82. The fraction of sp³-hybridized carbons (Fsp3) is 0.375. The molecule has 0 rings (SSSR count). The van der Waals surface area contributed by atoms with Crippen LogP contribution in [0.25, 0.3) is 0 Å². The van der Waals surface area contributed by atoms with E-state index in [-0.39, 0.29) is 0 Å². The third kappa shape index (κ3) is 9.10. The number of carboxylic acids is 1. The van der Waals surface area contributed by atoms with E-state index in [9.17, 15) is 4.79 Å². The lowest BCUT2D eigenvalue weighted by molar-refractivity contribution is -0.131. The zero-order valence-corrected chi connectivity index (χ0v) is 7.64. The Bertz CT molecular complexity index is 168. The van der Waals surface area contributed by atoms with Gasteiger partial charge in [0, 0.05) is 30.3 Å². The third-order valence-corrected chi connectivity index (χ3v) is 1.93. The molecule has 0 saturated carbocycles. The highest BCUT2D eigenvalue weighted by atomic mass is 32.2. The summed E-state index contributed by atoms with van der Waals surface area (Å²) >= 11 is 1.75. The molecular formula is C8H13NO2S. The smallest absolute Gasteiger partial charge is 0.329 e. The van der Waals surface area contributed by atoms with Gasteiger partial charge in [-0.05, 0) is 0 Å². The monoisotopic (exact) mass is 187 g/mol. The first-order valence-corrected chi connectivity index (χ1v) is 4.74. The van der Waals surface area contributed by atoms with Crippen molar-refractivity contribution in [3.63, 3.8) is 0 Å². The van der Waals surface area contributed by atoms with Crippen LogP contribution in [0.4, 0.5) is 0 Å². The van der Waals surface area contributed by atoms with E-state index in [0.717, 1.165) is 24.1 Å². The van der Waals surface area contributed by atoms with Crippen molar-refractivity contribution in [3.05, 3.63) is 24.9 Å². The summed E-state index contributed by atoms with van der Waals surface area (Å²) in [7, 11) is 0. The summed E-state index contributed by atoms with van der Waals surface area (Å²) in [6.07, 6.45) is 4.37. The molecular weight excluding hydrogens is 174 g/mol. The fourth-order valence-electron chi connectivity index (χ4n) is 0.511. The SMILES string of the molecule is C=CCSCCN/C=C/C(=O)O. The number of hydrogen-bond acceptors (Lipinski definition) is 3. The van der Waals surface area contributed by atoms with E-state index in [1.807, 2.05) is 6.08 Å². The van der Waals surface area contributed by atoms with E-state index in [1.54, 1.807) is 11.8 Å². The second kappa shape index (κ2) is 8.20. The Kier molecular flexibility index (Phi) is 7.58. The Morgan fingerprint density at radius 1 is 1.67 bits per heavy atom. The molecule has 0 aromatic carbocycles. The van der Waals surface area contributed by atoms with Gasteiger partial charge in [-0.25, -0.2) is 4.79 Å². The van der Waals surface area contributed by atoms with Crippen LogP contribution in [-0.4, -0.2) is 29.1 Å². The van der Waals surface area contributed by atoms with Crippen molar-refractivity contribution in [2.75, 3.05) is 18.1 Å². The van der Waals surface area contributed by atoms with Gasteiger partial charge in [-0.1, -0.05) is 6.08 Å². The molecule has 0 heterocycles. The Balaban J connectivity index is 3.10. The molecule has 0 aliphatic carbocycles. The molecule has 0 spiro atoms. The Morgan fingerprint density at radius 2 is 2.42 bits per heavy atom. The van der Waals surface area contributed by atoms with Gasteiger partial charge in [0.2, 0.25) is 0 Å². The third-order valence-electron chi connectivity index (χ3n) is 0.970. The van der Waals surface area contributed by atoms with Crippen LogP contribution in [-0.2, 0) is 4.79 Å². The maximum absolute atomic E-state index is 9.99. The minimum absolute atomic E-state index is 0.780. The molecule has 0 fully saturated rings. The molecule has 0 aromatic heterocycles. The van der Waals surface area contributed by atoms with E-state index in [2.05, 4.69) is 11.9 Å². The van der Waals surface area contributed by atoms with Gasteiger partial charge in [0.25, 0.3) is 0 Å². The van der Waals surface area contributed by atoms with Gasteiger partial charge in [0.1, 0.15) is 0 Å². The van der Waals surface area contributed by atoms with Crippen LogP contribution in [0, 0.1) is 0 Å². The Labute approximate surface area is 76.5 Å². The number of hydrogen-bond donors (Lipinski definition) is 2. The zero-order chi connectivity index (χ0) is 9.23. The second-order valence-corrected chi connectivity index (χ2v) is 3.14. The predicted octanol–water partition coefficient (Wildman–Crippen LogP) is 1.09. The first-order chi connectivity index (χ1) is 5.77. The van der Waals surface area contributed by atoms with Gasteiger partial charge in [-0.15, -0.1) is 6.58 Å². The van der Waals surface area contributed by atoms with Crippen molar-refractivity contribution in [2.24, 2.45) is 0 Å². The lowest BCUT2D eigenvalue weighted by atomic mass is 10.6. The lowest BCUT2D eigenvalue weighted by Gasteiger charge is -1.97. The van der Waals surface area contributed by atoms with Crippen molar-refractivity contribution < 1.29 is 9.90 Å². The van der Waals surface area contributed by atoms with Crippen molar-refractivity contribution in [2.45, 2.75) is 0 Å². The molecule has 0 aromatic rings. The lowest BCUT2D eigenvalue weighted by Crippen LogP contribution is -2.10. The maximum atomic E-state index is 9.99. The topological polar surface area (TPSA) is 49.3 Å². The van der Waals surface area contributed by atoms with E-state index in [0.29, 0.717) is 0 Å². The van der Waals surface area contributed by atoms with E-state index in [1.165, 1.54) is 6.20 Å². The minimum atomic E-state index is -0.929. The molecule has 0 saturated heterocycles. The minimum Gasteiger partial charge on any atom is -0.478 e. The van der Waals surface area contributed by atoms with Gasteiger partial charge in [-0.3, -0.25) is 0 Å². The van der Waals surface area contributed by atoms with Crippen LogP contribution in [0.3, 0.4) is 0 Å². The van der Waals surface area contributed by atoms with Crippen LogP contribution in [0.2, 0.25) is 0 Å².